The van der Waals surface area contributed by atoms with Crippen LogP contribution in [0.2, 0.25) is 0 Å². The van der Waals surface area contributed by atoms with Gasteiger partial charge in [0.1, 0.15) is 11.6 Å². The molecule has 17 heavy (non-hydrogen) atoms. The molecule has 0 aliphatic carbocycles. The molecule has 1 aromatic rings. The van der Waals surface area contributed by atoms with Gasteiger partial charge < -0.3 is 15.2 Å². The Bertz CT molecular complexity index is 458. The number of H-pyrrole nitrogens is 1. The number of fused-ring (bicyclic) bond motifs is 1. The van der Waals surface area contributed by atoms with Crippen LogP contribution in [0.5, 0.6) is 0 Å². The van der Waals surface area contributed by atoms with Crippen LogP contribution in [-0.2, 0) is 6.42 Å². The maximum atomic E-state index is 11.5. The first-order chi connectivity index (χ1) is 8.26. The summed E-state index contributed by atoms with van der Waals surface area (Å²) in [5.74, 6) is 3.07. The minimum Gasteiger partial charge on any atom is -0.356 e. The average molecular weight is 234 g/mol. The zero-order valence-electron chi connectivity index (χ0n) is 10.1. The Kier molecular flexibility index (Phi) is 2.63. The van der Waals surface area contributed by atoms with E-state index in [1.165, 1.54) is 0 Å². The van der Waals surface area contributed by atoms with Gasteiger partial charge in [-0.05, 0) is 11.8 Å². The third-order valence-electron chi connectivity index (χ3n) is 3.83. The lowest BCUT2D eigenvalue weighted by molar-refractivity contribution is 0.533. The fourth-order valence-corrected chi connectivity index (χ4v) is 2.87. The van der Waals surface area contributed by atoms with Crippen molar-refractivity contribution in [3.8, 4) is 0 Å². The maximum absolute atomic E-state index is 11.5. The molecule has 5 heteroatoms. The summed E-state index contributed by atoms with van der Waals surface area (Å²) in [6.45, 7) is 6.26. The Hall–Kier alpha value is -1.36. The number of aromatic amines is 1. The van der Waals surface area contributed by atoms with Crippen molar-refractivity contribution in [2.24, 2.45) is 11.8 Å². The minimum absolute atomic E-state index is 0.0398. The summed E-state index contributed by atoms with van der Waals surface area (Å²) < 4.78 is 0. The highest BCUT2D eigenvalue weighted by Crippen LogP contribution is 2.28. The summed E-state index contributed by atoms with van der Waals surface area (Å²) in [4.78, 5) is 21.1. The largest absolute Gasteiger partial charge is 0.356 e. The highest BCUT2D eigenvalue weighted by molar-refractivity contribution is 5.39. The highest BCUT2D eigenvalue weighted by Gasteiger charge is 2.36. The topological polar surface area (TPSA) is 61.0 Å². The van der Waals surface area contributed by atoms with Gasteiger partial charge in [-0.3, -0.25) is 4.79 Å². The van der Waals surface area contributed by atoms with Gasteiger partial charge in [0.25, 0.3) is 5.56 Å². The molecule has 92 valence electrons. The zero-order valence-corrected chi connectivity index (χ0v) is 10.1. The van der Waals surface area contributed by atoms with E-state index in [9.17, 15) is 4.79 Å². The standard InChI is InChI=1S/C12H18N4O/c1-2-10-14-11(3-12(17)15-10)16-6-8-4-13-5-9(8)7-16/h3,8-9,13H,2,4-7H2,1H3,(H,14,15,17)/t8-,9+. The second-order valence-corrected chi connectivity index (χ2v) is 4.99. The van der Waals surface area contributed by atoms with Crippen molar-refractivity contribution in [2.75, 3.05) is 31.1 Å². The van der Waals surface area contributed by atoms with Crippen LogP contribution in [0.25, 0.3) is 0 Å². The molecule has 3 rings (SSSR count). The Balaban J connectivity index is 1.85. The SMILES string of the molecule is CCc1nc(N2C[C@H]3CNC[C@H]3C2)cc(=O)[nH]1. The second-order valence-electron chi connectivity index (χ2n) is 4.99. The van der Waals surface area contributed by atoms with Crippen molar-refractivity contribution in [3.63, 3.8) is 0 Å². The molecule has 2 aliphatic rings. The lowest BCUT2D eigenvalue weighted by Crippen LogP contribution is -2.28. The number of nitrogens with zero attached hydrogens (tertiary/aromatic N) is 2. The third kappa shape index (κ3) is 1.95. The molecule has 5 nitrogen and oxygen atoms in total. The van der Waals surface area contributed by atoms with Crippen LogP contribution in [-0.4, -0.2) is 36.1 Å². The van der Waals surface area contributed by atoms with Gasteiger partial charge in [0.2, 0.25) is 0 Å². The first-order valence-electron chi connectivity index (χ1n) is 6.32. The smallest absolute Gasteiger partial charge is 0.252 e. The monoisotopic (exact) mass is 234 g/mol. The molecular weight excluding hydrogens is 216 g/mol. The predicted octanol–water partition coefficient (Wildman–Crippen LogP) is -0.0121. The Morgan fingerprint density at radius 2 is 2.12 bits per heavy atom. The molecule has 0 bridgehead atoms. The molecule has 0 radical (unpaired) electrons. The van der Waals surface area contributed by atoms with Crippen molar-refractivity contribution in [1.82, 2.24) is 15.3 Å². The molecule has 0 aromatic carbocycles. The van der Waals surface area contributed by atoms with Crippen molar-refractivity contribution in [2.45, 2.75) is 13.3 Å². The number of rotatable bonds is 2. The van der Waals surface area contributed by atoms with E-state index in [0.29, 0.717) is 0 Å². The van der Waals surface area contributed by atoms with Crippen LogP contribution in [0.1, 0.15) is 12.7 Å². The van der Waals surface area contributed by atoms with E-state index in [-0.39, 0.29) is 5.56 Å². The summed E-state index contributed by atoms with van der Waals surface area (Å²) in [7, 11) is 0. The van der Waals surface area contributed by atoms with Crippen molar-refractivity contribution < 1.29 is 0 Å². The summed E-state index contributed by atoms with van der Waals surface area (Å²) in [5, 5.41) is 3.42. The summed E-state index contributed by atoms with van der Waals surface area (Å²) in [6, 6.07) is 1.62. The Labute approximate surface area is 100 Å². The van der Waals surface area contributed by atoms with E-state index >= 15 is 0 Å². The molecule has 0 amide bonds. The molecule has 1 aromatic heterocycles. The molecule has 2 N–H and O–H groups in total. The number of hydrogen-bond acceptors (Lipinski definition) is 4. The van der Waals surface area contributed by atoms with Crippen LogP contribution in [0.15, 0.2) is 10.9 Å². The van der Waals surface area contributed by atoms with Gasteiger partial charge in [-0.15, -0.1) is 0 Å². The predicted molar refractivity (Wildman–Crippen MR) is 66.3 cm³/mol. The minimum atomic E-state index is -0.0398. The lowest BCUT2D eigenvalue weighted by atomic mass is 10.0. The summed E-state index contributed by atoms with van der Waals surface area (Å²) in [5.41, 5.74) is -0.0398. The number of nitrogens with one attached hydrogen (secondary N) is 2. The zero-order chi connectivity index (χ0) is 11.8. The van der Waals surface area contributed by atoms with Crippen molar-refractivity contribution in [3.05, 3.63) is 22.2 Å². The van der Waals surface area contributed by atoms with Gasteiger partial charge in [0, 0.05) is 38.7 Å². The summed E-state index contributed by atoms with van der Waals surface area (Å²) in [6.07, 6.45) is 0.769. The van der Waals surface area contributed by atoms with Gasteiger partial charge in [0.15, 0.2) is 0 Å². The molecule has 2 aliphatic heterocycles. The number of aryl methyl sites for hydroxylation is 1. The molecule has 2 atom stereocenters. The van der Waals surface area contributed by atoms with E-state index in [4.69, 9.17) is 0 Å². The van der Waals surface area contributed by atoms with Crippen LogP contribution in [0.4, 0.5) is 5.82 Å². The highest BCUT2D eigenvalue weighted by atomic mass is 16.1. The molecule has 0 saturated carbocycles. The third-order valence-corrected chi connectivity index (χ3v) is 3.83. The maximum Gasteiger partial charge on any atom is 0.252 e. The Morgan fingerprint density at radius 3 is 2.76 bits per heavy atom. The number of aromatic nitrogens is 2. The van der Waals surface area contributed by atoms with Crippen LogP contribution in [0.3, 0.4) is 0 Å². The van der Waals surface area contributed by atoms with E-state index in [0.717, 1.165) is 56.1 Å². The second kappa shape index (κ2) is 4.14. The van der Waals surface area contributed by atoms with Gasteiger partial charge in [-0.1, -0.05) is 6.92 Å². The van der Waals surface area contributed by atoms with Crippen LogP contribution >= 0.6 is 0 Å². The van der Waals surface area contributed by atoms with Gasteiger partial charge in [-0.2, -0.15) is 0 Å². The van der Waals surface area contributed by atoms with Gasteiger partial charge >= 0.3 is 0 Å². The first-order valence-corrected chi connectivity index (χ1v) is 6.32. The fraction of sp³-hybridized carbons (Fsp3) is 0.667. The molecule has 0 spiro atoms. The van der Waals surface area contributed by atoms with Gasteiger partial charge in [-0.25, -0.2) is 4.98 Å². The Morgan fingerprint density at radius 1 is 1.41 bits per heavy atom. The van der Waals surface area contributed by atoms with E-state index in [1.807, 2.05) is 6.92 Å². The molecule has 2 fully saturated rings. The fourth-order valence-electron chi connectivity index (χ4n) is 2.87. The quantitative estimate of drug-likeness (QED) is 0.755. The van der Waals surface area contributed by atoms with Crippen LogP contribution < -0.4 is 15.8 Å². The van der Waals surface area contributed by atoms with Crippen molar-refractivity contribution in [1.29, 1.82) is 0 Å². The molecular formula is C12H18N4O. The molecule has 0 unspecified atom stereocenters. The van der Waals surface area contributed by atoms with E-state index in [1.54, 1.807) is 6.07 Å². The van der Waals surface area contributed by atoms with Crippen molar-refractivity contribution >= 4 is 5.82 Å². The lowest BCUT2D eigenvalue weighted by Gasteiger charge is -2.18. The van der Waals surface area contributed by atoms with E-state index in [2.05, 4.69) is 20.2 Å². The number of hydrogen-bond donors (Lipinski definition) is 2. The van der Waals surface area contributed by atoms with Crippen LogP contribution in [0, 0.1) is 11.8 Å². The first kappa shape index (κ1) is 10.8. The van der Waals surface area contributed by atoms with E-state index < -0.39 is 0 Å². The average Bonchev–Trinajstić information content (AvgIpc) is 2.88. The normalized spacial score (nSPS) is 27.5. The molecule has 2 saturated heterocycles. The van der Waals surface area contributed by atoms with Gasteiger partial charge in [0.05, 0.1) is 0 Å². The number of anilines is 1. The molecule has 3 heterocycles. The summed E-state index contributed by atoms with van der Waals surface area (Å²) >= 11 is 0.